The molecule has 0 aromatic heterocycles. The average molecular weight is 302 g/mol. The zero-order valence-electron chi connectivity index (χ0n) is 13.5. The molecule has 1 aromatic rings. The number of amides is 1. The topological polar surface area (TPSA) is 41.6 Å². The molecule has 2 saturated heterocycles. The van der Waals surface area contributed by atoms with Gasteiger partial charge in [0.2, 0.25) is 5.91 Å². The van der Waals surface area contributed by atoms with Crippen LogP contribution in [0.5, 0.6) is 0 Å². The third kappa shape index (κ3) is 3.61. The van der Waals surface area contributed by atoms with E-state index >= 15 is 0 Å². The van der Waals surface area contributed by atoms with E-state index in [2.05, 4.69) is 36.2 Å². The average Bonchev–Trinajstić information content (AvgIpc) is 2.97. The third-order valence-electron chi connectivity index (χ3n) is 4.72. The van der Waals surface area contributed by atoms with Crippen LogP contribution in [0.4, 0.5) is 5.69 Å². The molecule has 0 saturated carbocycles. The van der Waals surface area contributed by atoms with Crippen molar-refractivity contribution in [1.82, 2.24) is 5.32 Å². The van der Waals surface area contributed by atoms with Crippen LogP contribution in [0.25, 0.3) is 0 Å². The molecule has 1 amide bonds. The van der Waals surface area contributed by atoms with Crippen molar-refractivity contribution < 1.29 is 9.53 Å². The number of benzene rings is 1. The Kier molecular flexibility index (Phi) is 4.39. The molecule has 3 rings (SSSR count). The highest BCUT2D eigenvalue weighted by Gasteiger charge is 2.33. The Bertz CT molecular complexity index is 515. The Hall–Kier alpha value is -1.55. The van der Waals surface area contributed by atoms with Gasteiger partial charge in [-0.25, -0.2) is 0 Å². The Morgan fingerprint density at radius 1 is 1.27 bits per heavy atom. The van der Waals surface area contributed by atoms with E-state index in [9.17, 15) is 4.79 Å². The third-order valence-corrected chi connectivity index (χ3v) is 4.72. The summed E-state index contributed by atoms with van der Waals surface area (Å²) in [7, 11) is 0. The summed E-state index contributed by atoms with van der Waals surface area (Å²) in [6.45, 7) is 6.71. The van der Waals surface area contributed by atoms with Crippen molar-refractivity contribution in [3.63, 3.8) is 0 Å². The smallest absolute Gasteiger partial charge is 0.225 e. The molecule has 22 heavy (non-hydrogen) atoms. The van der Waals surface area contributed by atoms with Crippen LogP contribution in [0.15, 0.2) is 30.3 Å². The Labute approximate surface area is 132 Å². The van der Waals surface area contributed by atoms with Gasteiger partial charge in [-0.05, 0) is 45.2 Å². The SMILES string of the molecule is CC1(C)C[C@@H](NC(=O)[C@H]2CCN(c3ccccc3)C2)CCO1. The molecule has 0 unspecified atom stereocenters. The summed E-state index contributed by atoms with van der Waals surface area (Å²) in [6, 6.07) is 10.6. The van der Waals surface area contributed by atoms with Crippen molar-refractivity contribution in [1.29, 1.82) is 0 Å². The van der Waals surface area contributed by atoms with Crippen LogP contribution in [0.1, 0.15) is 33.1 Å². The zero-order chi connectivity index (χ0) is 15.6. The summed E-state index contributed by atoms with van der Waals surface area (Å²) in [5.74, 6) is 0.312. The molecule has 0 spiro atoms. The molecule has 2 heterocycles. The highest BCUT2D eigenvalue weighted by molar-refractivity contribution is 5.80. The monoisotopic (exact) mass is 302 g/mol. The Morgan fingerprint density at radius 2 is 2.05 bits per heavy atom. The number of carbonyl (C=O) groups is 1. The van der Waals surface area contributed by atoms with E-state index < -0.39 is 0 Å². The molecule has 2 atom stereocenters. The van der Waals surface area contributed by atoms with Gasteiger partial charge < -0.3 is 15.0 Å². The molecule has 1 aromatic carbocycles. The highest BCUT2D eigenvalue weighted by atomic mass is 16.5. The Balaban J connectivity index is 1.53. The molecule has 0 bridgehead atoms. The van der Waals surface area contributed by atoms with Gasteiger partial charge in [0, 0.05) is 31.4 Å². The van der Waals surface area contributed by atoms with Crippen molar-refractivity contribution in [3.8, 4) is 0 Å². The molecule has 2 fully saturated rings. The van der Waals surface area contributed by atoms with Gasteiger partial charge in [0.1, 0.15) is 0 Å². The molecule has 0 aliphatic carbocycles. The van der Waals surface area contributed by atoms with E-state index in [1.54, 1.807) is 0 Å². The van der Waals surface area contributed by atoms with Gasteiger partial charge in [-0.2, -0.15) is 0 Å². The van der Waals surface area contributed by atoms with Gasteiger partial charge in [-0.1, -0.05) is 18.2 Å². The maximum Gasteiger partial charge on any atom is 0.225 e. The molecular formula is C18H26N2O2. The lowest BCUT2D eigenvalue weighted by molar-refractivity contribution is -0.127. The lowest BCUT2D eigenvalue weighted by atomic mass is 9.93. The van der Waals surface area contributed by atoms with Crippen LogP contribution in [0, 0.1) is 5.92 Å². The van der Waals surface area contributed by atoms with E-state index in [1.807, 2.05) is 18.2 Å². The van der Waals surface area contributed by atoms with Gasteiger partial charge >= 0.3 is 0 Å². The van der Waals surface area contributed by atoms with Crippen LogP contribution >= 0.6 is 0 Å². The van der Waals surface area contributed by atoms with Gasteiger partial charge in [0.25, 0.3) is 0 Å². The normalized spacial score (nSPS) is 27.6. The summed E-state index contributed by atoms with van der Waals surface area (Å²) >= 11 is 0. The first-order valence-corrected chi connectivity index (χ1v) is 8.28. The molecule has 1 N–H and O–H groups in total. The van der Waals surface area contributed by atoms with Gasteiger partial charge in [0.15, 0.2) is 0 Å². The highest BCUT2D eigenvalue weighted by Crippen LogP contribution is 2.26. The maximum absolute atomic E-state index is 12.5. The lowest BCUT2D eigenvalue weighted by Gasteiger charge is -2.36. The fourth-order valence-corrected chi connectivity index (χ4v) is 3.52. The fraction of sp³-hybridized carbons (Fsp3) is 0.611. The van der Waals surface area contributed by atoms with E-state index in [1.165, 1.54) is 5.69 Å². The number of para-hydroxylation sites is 1. The van der Waals surface area contributed by atoms with E-state index in [-0.39, 0.29) is 23.5 Å². The van der Waals surface area contributed by atoms with Crippen LogP contribution in [0.2, 0.25) is 0 Å². The number of rotatable bonds is 3. The van der Waals surface area contributed by atoms with Gasteiger partial charge in [-0.3, -0.25) is 4.79 Å². The van der Waals surface area contributed by atoms with Crippen molar-refractivity contribution >= 4 is 11.6 Å². The molecule has 2 aliphatic rings. The number of ether oxygens (including phenoxy) is 1. The zero-order valence-corrected chi connectivity index (χ0v) is 13.5. The first-order chi connectivity index (χ1) is 10.5. The van der Waals surface area contributed by atoms with Crippen LogP contribution < -0.4 is 10.2 Å². The second-order valence-corrected chi connectivity index (χ2v) is 7.07. The molecule has 2 aliphatic heterocycles. The summed E-state index contributed by atoms with van der Waals surface area (Å²) in [5, 5.41) is 3.24. The summed E-state index contributed by atoms with van der Waals surface area (Å²) < 4.78 is 5.72. The summed E-state index contributed by atoms with van der Waals surface area (Å²) in [6.07, 6.45) is 2.76. The Morgan fingerprint density at radius 3 is 2.77 bits per heavy atom. The second kappa shape index (κ2) is 6.29. The predicted octanol–water partition coefficient (Wildman–Crippen LogP) is 2.59. The number of hydrogen-bond acceptors (Lipinski definition) is 3. The first kappa shape index (κ1) is 15.3. The molecule has 0 radical (unpaired) electrons. The van der Waals surface area contributed by atoms with Gasteiger partial charge in [0.05, 0.1) is 11.5 Å². The number of nitrogens with one attached hydrogen (secondary N) is 1. The minimum absolute atomic E-state index is 0.103. The van der Waals surface area contributed by atoms with Crippen molar-refractivity contribution in [2.45, 2.75) is 44.8 Å². The molecular weight excluding hydrogens is 276 g/mol. The summed E-state index contributed by atoms with van der Waals surface area (Å²) in [4.78, 5) is 14.8. The van der Waals surface area contributed by atoms with Crippen LogP contribution in [-0.2, 0) is 9.53 Å². The van der Waals surface area contributed by atoms with Crippen LogP contribution in [0.3, 0.4) is 0 Å². The van der Waals surface area contributed by atoms with Crippen molar-refractivity contribution in [3.05, 3.63) is 30.3 Å². The molecule has 4 nitrogen and oxygen atoms in total. The first-order valence-electron chi connectivity index (χ1n) is 8.28. The number of nitrogens with zero attached hydrogens (tertiary/aromatic N) is 1. The lowest BCUT2D eigenvalue weighted by Crippen LogP contribution is -2.47. The maximum atomic E-state index is 12.5. The minimum Gasteiger partial charge on any atom is -0.375 e. The fourth-order valence-electron chi connectivity index (χ4n) is 3.52. The van der Waals surface area contributed by atoms with E-state index in [4.69, 9.17) is 4.74 Å². The van der Waals surface area contributed by atoms with Gasteiger partial charge in [-0.15, -0.1) is 0 Å². The standard InChI is InChI=1S/C18H26N2O2/c1-18(2)12-15(9-11-22-18)19-17(21)14-8-10-20(13-14)16-6-4-3-5-7-16/h3-7,14-15H,8-13H2,1-2H3,(H,19,21)/t14-,15-/m0/s1. The van der Waals surface area contributed by atoms with Crippen molar-refractivity contribution in [2.24, 2.45) is 5.92 Å². The molecule has 4 heteroatoms. The van der Waals surface area contributed by atoms with E-state index in [0.29, 0.717) is 0 Å². The minimum atomic E-state index is -0.123. The number of carbonyl (C=O) groups excluding carboxylic acids is 1. The van der Waals surface area contributed by atoms with Crippen LogP contribution in [-0.4, -0.2) is 37.2 Å². The number of hydrogen-bond donors (Lipinski definition) is 1. The van der Waals surface area contributed by atoms with Crippen molar-refractivity contribution in [2.75, 3.05) is 24.6 Å². The quantitative estimate of drug-likeness (QED) is 0.933. The largest absolute Gasteiger partial charge is 0.375 e. The predicted molar refractivity (Wildman–Crippen MR) is 88.0 cm³/mol. The second-order valence-electron chi connectivity index (χ2n) is 7.07. The summed E-state index contributed by atoms with van der Waals surface area (Å²) in [5.41, 5.74) is 1.09. The number of anilines is 1. The van der Waals surface area contributed by atoms with E-state index in [0.717, 1.165) is 39.0 Å². The molecule has 120 valence electrons.